The zero-order valence-corrected chi connectivity index (χ0v) is 10.5. The van der Waals surface area contributed by atoms with Crippen molar-refractivity contribution in [3.63, 3.8) is 0 Å². The number of imidazole rings is 1. The van der Waals surface area contributed by atoms with E-state index in [-0.39, 0.29) is 5.41 Å². The SMILES string of the molecule is Cc1csc2nc3c(n12)C(C)(C)CC3C. The fourth-order valence-electron chi connectivity index (χ4n) is 2.96. The van der Waals surface area contributed by atoms with Crippen molar-refractivity contribution in [2.75, 3.05) is 0 Å². The maximum Gasteiger partial charge on any atom is 0.194 e. The molecule has 1 aliphatic carbocycles. The molecule has 80 valence electrons. The van der Waals surface area contributed by atoms with Crippen molar-refractivity contribution in [1.29, 1.82) is 0 Å². The molecule has 0 radical (unpaired) electrons. The number of aryl methyl sites for hydroxylation is 1. The molecule has 2 nitrogen and oxygen atoms in total. The summed E-state index contributed by atoms with van der Waals surface area (Å²) in [4.78, 5) is 5.94. The summed E-state index contributed by atoms with van der Waals surface area (Å²) >= 11 is 1.75. The molecule has 0 spiro atoms. The van der Waals surface area contributed by atoms with E-state index in [0.29, 0.717) is 5.92 Å². The molecule has 3 heteroatoms. The summed E-state index contributed by atoms with van der Waals surface area (Å²) in [6, 6.07) is 0. The second kappa shape index (κ2) is 2.64. The van der Waals surface area contributed by atoms with Gasteiger partial charge in [-0.05, 0) is 13.3 Å². The van der Waals surface area contributed by atoms with Crippen molar-refractivity contribution >= 4 is 16.3 Å². The number of thiazole rings is 1. The van der Waals surface area contributed by atoms with Gasteiger partial charge in [0.15, 0.2) is 4.96 Å². The molecular weight excluding hydrogens is 204 g/mol. The lowest BCUT2D eigenvalue weighted by atomic mass is 9.89. The van der Waals surface area contributed by atoms with Gasteiger partial charge in [-0.15, -0.1) is 11.3 Å². The number of nitrogens with zero attached hydrogens (tertiary/aromatic N) is 2. The molecule has 1 aliphatic rings. The van der Waals surface area contributed by atoms with Crippen molar-refractivity contribution in [3.8, 4) is 0 Å². The second-order valence-electron chi connectivity index (χ2n) is 5.33. The summed E-state index contributed by atoms with van der Waals surface area (Å²) in [5, 5.41) is 2.20. The Morgan fingerprint density at radius 1 is 1.53 bits per heavy atom. The highest BCUT2D eigenvalue weighted by Crippen LogP contribution is 2.46. The zero-order chi connectivity index (χ0) is 10.8. The number of hydrogen-bond acceptors (Lipinski definition) is 2. The van der Waals surface area contributed by atoms with Gasteiger partial charge < -0.3 is 0 Å². The Labute approximate surface area is 94.0 Å². The molecule has 0 aliphatic heterocycles. The minimum atomic E-state index is 0.278. The van der Waals surface area contributed by atoms with Crippen LogP contribution in [0.15, 0.2) is 5.38 Å². The Hall–Kier alpha value is -0.830. The average molecular weight is 220 g/mol. The van der Waals surface area contributed by atoms with Crippen LogP contribution in [0.5, 0.6) is 0 Å². The maximum atomic E-state index is 4.77. The van der Waals surface area contributed by atoms with E-state index in [1.807, 2.05) is 0 Å². The Morgan fingerprint density at radius 3 is 3.00 bits per heavy atom. The quantitative estimate of drug-likeness (QED) is 0.664. The first-order valence-electron chi connectivity index (χ1n) is 5.47. The average Bonchev–Trinajstić information content (AvgIpc) is 2.69. The van der Waals surface area contributed by atoms with Crippen LogP contribution in [-0.4, -0.2) is 9.38 Å². The molecular formula is C12H16N2S. The molecule has 0 amide bonds. The standard InChI is InChI=1S/C12H16N2S/c1-7-5-12(3,4)10-9(7)13-11-14(10)8(2)6-15-11/h6-7H,5H2,1-4H3. The first kappa shape index (κ1) is 9.40. The Bertz CT molecular complexity index is 533. The van der Waals surface area contributed by atoms with Crippen LogP contribution in [0.1, 0.15) is 50.2 Å². The van der Waals surface area contributed by atoms with E-state index in [1.165, 1.54) is 23.5 Å². The Morgan fingerprint density at radius 2 is 2.27 bits per heavy atom. The van der Waals surface area contributed by atoms with Crippen LogP contribution in [0.25, 0.3) is 4.96 Å². The van der Waals surface area contributed by atoms with E-state index in [2.05, 4.69) is 37.5 Å². The molecule has 2 aromatic rings. The van der Waals surface area contributed by atoms with Crippen molar-refractivity contribution in [2.45, 2.75) is 45.4 Å². The maximum absolute atomic E-state index is 4.77. The first-order valence-corrected chi connectivity index (χ1v) is 6.35. The molecule has 2 aromatic heterocycles. The fraction of sp³-hybridized carbons (Fsp3) is 0.583. The van der Waals surface area contributed by atoms with Gasteiger partial charge in [-0.3, -0.25) is 4.40 Å². The summed E-state index contributed by atoms with van der Waals surface area (Å²) in [7, 11) is 0. The number of fused-ring (bicyclic) bond motifs is 3. The monoisotopic (exact) mass is 220 g/mol. The Balaban J connectivity index is 2.42. The van der Waals surface area contributed by atoms with Gasteiger partial charge in [0.05, 0.1) is 11.4 Å². The molecule has 15 heavy (non-hydrogen) atoms. The van der Waals surface area contributed by atoms with E-state index in [4.69, 9.17) is 4.98 Å². The van der Waals surface area contributed by atoms with Gasteiger partial charge in [-0.25, -0.2) is 4.98 Å². The molecule has 2 heterocycles. The minimum Gasteiger partial charge on any atom is -0.291 e. The predicted molar refractivity (Wildman–Crippen MR) is 63.9 cm³/mol. The van der Waals surface area contributed by atoms with Crippen LogP contribution >= 0.6 is 11.3 Å². The van der Waals surface area contributed by atoms with E-state index < -0.39 is 0 Å². The third-order valence-electron chi connectivity index (χ3n) is 3.49. The molecule has 1 unspecified atom stereocenters. The molecule has 0 fully saturated rings. The third kappa shape index (κ3) is 1.07. The minimum absolute atomic E-state index is 0.278. The summed E-state index contributed by atoms with van der Waals surface area (Å²) < 4.78 is 2.35. The van der Waals surface area contributed by atoms with Crippen LogP contribution < -0.4 is 0 Å². The summed E-state index contributed by atoms with van der Waals surface area (Å²) in [5.41, 5.74) is 4.38. The zero-order valence-electron chi connectivity index (χ0n) is 9.66. The molecule has 3 rings (SSSR count). The lowest BCUT2D eigenvalue weighted by molar-refractivity contribution is 0.473. The molecule has 0 saturated heterocycles. The summed E-state index contributed by atoms with van der Waals surface area (Å²) in [6.07, 6.45) is 1.23. The van der Waals surface area contributed by atoms with Gasteiger partial charge in [0.25, 0.3) is 0 Å². The van der Waals surface area contributed by atoms with Crippen LogP contribution in [0.3, 0.4) is 0 Å². The van der Waals surface area contributed by atoms with Crippen molar-refractivity contribution in [1.82, 2.24) is 9.38 Å². The van der Waals surface area contributed by atoms with Crippen molar-refractivity contribution in [3.05, 3.63) is 22.5 Å². The molecule has 0 bridgehead atoms. The number of hydrogen-bond donors (Lipinski definition) is 0. The molecule has 1 atom stereocenters. The first-order chi connectivity index (χ1) is 7.00. The van der Waals surface area contributed by atoms with Crippen LogP contribution in [-0.2, 0) is 5.41 Å². The second-order valence-corrected chi connectivity index (χ2v) is 6.17. The third-order valence-corrected chi connectivity index (χ3v) is 4.43. The van der Waals surface area contributed by atoms with E-state index >= 15 is 0 Å². The van der Waals surface area contributed by atoms with Gasteiger partial charge in [0.1, 0.15) is 0 Å². The van der Waals surface area contributed by atoms with Crippen molar-refractivity contribution in [2.24, 2.45) is 0 Å². The summed E-state index contributed by atoms with van der Waals surface area (Å²) in [5.74, 6) is 0.612. The van der Waals surface area contributed by atoms with Gasteiger partial charge >= 0.3 is 0 Å². The highest BCUT2D eigenvalue weighted by atomic mass is 32.1. The largest absolute Gasteiger partial charge is 0.291 e. The number of rotatable bonds is 0. The van der Waals surface area contributed by atoms with E-state index in [1.54, 1.807) is 11.3 Å². The lowest BCUT2D eigenvalue weighted by Crippen LogP contribution is -2.15. The normalized spacial score (nSPS) is 23.6. The Kier molecular flexibility index (Phi) is 1.66. The topological polar surface area (TPSA) is 17.3 Å². The highest BCUT2D eigenvalue weighted by Gasteiger charge is 2.39. The van der Waals surface area contributed by atoms with Gasteiger partial charge in [-0.1, -0.05) is 20.8 Å². The van der Waals surface area contributed by atoms with E-state index in [0.717, 1.165) is 4.96 Å². The van der Waals surface area contributed by atoms with E-state index in [9.17, 15) is 0 Å². The van der Waals surface area contributed by atoms with Gasteiger partial charge in [-0.2, -0.15) is 0 Å². The molecule has 0 N–H and O–H groups in total. The number of aromatic nitrogens is 2. The predicted octanol–water partition coefficient (Wildman–Crippen LogP) is 3.49. The highest BCUT2D eigenvalue weighted by molar-refractivity contribution is 7.15. The van der Waals surface area contributed by atoms with Crippen LogP contribution in [0.2, 0.25) is 0 Å². The molecule has 0 saturated carbocycles. The van der Waals surface area contributed by atoms with Gasteiger partial charge in [0.2, 0.25) is 0 Å². The smallest absolute Gasteiger partial charge is 0.194 e. The van der Waals surface area contributed by atoms with Gasteiger partial charge in [0, 0.05) is 22.4 Å². The van der Waals surface area contributed by atoms with Crippen LogP contribution in [0, 0.1) is 6.92 Å². The fourth-order valence-corrected chi connectivity index (χ4v) is 3.84. The lowest BCUT2D eigenvalue weighted by Gasteiger charge is -2.18. The summed E-state index contributed by atoms with van der Waals surface area (Å²) in [6.45, 7) is 9.13. The van der Waals surface area contributed by atoms with Crippen LogP contribution in [0.4, 0.5) is 0 Å². The molecule has 0 aromatic carbocycles. The van der Waals surface area contributed by atoms with Crippen molar-refractivity contribution < 1.29 is 0 Å².